The molecule has 0 atom stereocenters. The molecule has 1 aliphatic heterocycles. The van der Waals surface area contributed by atoms with Crippen molar-refractivity contribution in [1.29, 1.82) is 0 Å². The molecular formula is C18H24N2O4. The van der Waals surface area contributed by atoms with Gasteiger partial charge in [0.2, 0.25) is 5.91 Å². The van der Waals surface area contributed by atoms with E-state index in [2.05, 4.69) is 0 Å². The lowest BCUT2D eigenvalue weighted by Gasteiger charge is -2.34. The zero-order valence-corrected chi connectivity index (χ0v) is 14.3. The van der Waals surface area contributed by atoms with Crippen molar-refractivity contribution in [3.63, 3.8) is 0 Å². The Hall–Kier alpha value is -2.37. The summed E-state index contributed by atoms with van der Waals surface area (Å²) in [7, 11) is 0. The maximum absolute atomic E-state index is 12.4. The maximum atomic E-state index is 12.4. The van der Waals surface area contributed by atoms with E-state index in [0.29, 0.717) is 38.3 Å². The van der Waals surface area contributed by atoms with E-state index in [1.54, 1.807) is 16.7 Å². The Morgan fingerprint density at radius 3 is 2.12 bits per heavy atom. The second-order valence-electron chi connectivity index (χ2n) is 5.84. The Bertz CT molecular complexity index is 590. The third-order valence-corrected chi connectivity index (χ3v) is 4.07. The summed E-state index contributed by atoms with van der Waals surface area (Å²) in [6.07, 6.45) is 0.264. The van der Waals surface area contributed by atoms with E-state index in [1.807, 2.05) is 31.2 Å². The molecule has 1 aromatic rings. The van der Waals surface area contributed by atoms with Gasteiger partial charge in [-0.2, -0.15) is 0 Å². The van der Waals surface area contributed by atoms with E-state index < -0.39 is 0 Å². The Labute approximate surface area is 142 Å². The topological polar surface area (TPSA) is 66.9 Å². The molecule has 1 heterocycles. The van der Waals surface area contributed by atoms with Crippen LogP contribution in [-0.4, -0.2) is 60.4 Å². The summed E-state index contributed by atoms with van der Waals surface area (Å²) in [5, 5.41) is 0. The number of amides is 2. The predicted octanol–water partition coefficient (Wildman–Crippen LogP) is 1.62. The minimum atomic E-state index is -0.348. The molecular weight excluding hydrogens is 308 g/mol. The van der Waals surface area contributed by atoms with Gasteiger partial charge in [-0.05, 0) is 26.0 Å². The van der Waals surface area contributed by atoms with Crippen molar-refractivity contribution >= 4 is 17.8 Å². The molecule has 2 amide bonds. The molecule has 2 rings (SSSR count). The Morgan fingerprint density at radius 2 is 1.54 bits per heavy atom. The zero-order chi connectivity index (χ0) is 17.5. The Morgan fingerprint density at radius 1 is 0.958 bits per heavy atom. The Kier molecular flexibility index (Phi) is 6.35. The second kappa shape index (κ2) is 8.47. The van der Waals surface area contributed by atoms with Gasteiger partial charge in [-0.3, -0.25) is 14.4 Å². The lowest BCUT2D eigenvalue weighted by atomic mass is 10.1. The van der Waals surface area contributed by atoms with Crippen LogP contribution in [0, 0.1) is 6.92 Å². The van der Waals surface area contributed by atoms with Crippen molar-refractivity contribution in [2.75, 3.05) is 32.8 Å². The number of benzene rings is 1. The van der Waals surface area contributed by atoms with Crippen LogP contribution in [0.4, 0.5) is 0 Å². The highest BCUT2D eigenvalue weighted by molar-refractivity contribution is 5.94. The maximum Gasteiger partial charge on any atom is 0.306 e. The zero-order valence-electron chi connectivity index (χ0n) is 14.3. The van der Waals surface area contributed by atoms with Crippen LogP contribution < -0.4 is 0 Å². The first kappa shape index (κ1) is 18.0. The molecule has 6 nitrogen and oxygen atoms in total. The highest BCUT2D eigenvalue weighted by Crippen LogP contribution is 2.11. The third-order valence-electron chi connectivity index (χ3n) is 4.07. The number of aryl methyl sites for hydroxylation is 1. The minimum Gasteiger partial charge on any atom is -0.466 e. The predicted molar refractivity (Wildman–Crippen MR) is 89.5 cm³/mol. The molecule has 0 saturated carbocycles. The van der Waals surface area contributed by atoms with Gasteiger partial charge in [0.05, 0.1) is 13.0 Å². The number of hydrogen-bond donors (Lipinski definition) is 0. The molecule has 1 fully saturated rings. The molecule has 130 valence electrons. The summed E-state index contributed by atoms with van der Waals surface area (Å²) in [5.41, 5.74) is 1.78. The van der Waals surface area contributed by atoms with Crippen LogP contribution in [-0.2, 0) is 14.3 Å². The summed E-state index contributed by atoms with van der Waals surface area (Å²) < 4.78 is 4.82. The number of esters is 1. The molecule has 0 radical (unpaired) electrons. The Balaban J connectivity index is 1.80. The number of ether oxygens (including phenoxy) is 1. The number of hydrogen-bond acceptors (Lipinski definition) is 4. The van der Waals surface area contributed by atoms with Crippen molar-refractivity contribution in [3.05, 3.63) is 35.4 Å². The largest absolute Gasteiger partial charge is 0.466 e. The lowest BCUT2D eigenvalue weighted by molar-refractivity contribution is -0.146. The summed E-state index contributed by atoms with van der Waals surface area (Å²) in [4.78, 5) is 39.3. The van der Waals surface area contributed by atoms with E-state index in [0.717, 1.165) is 5.56 Å². The number of nitrogens with zero attached hydrogens (tertiary/aromatic N) is 2. The average Bonchev–Trinajstić information content (AvgIpc) is 2.60. The van der Waals surface area contributed by atoms with E-state index in [4.69, 9.17) is 4.74 Å². The minimum absolute atomic E-state index is 0.00591. The van der Waals surface area contributed by atoms with Crippen LogP contribution in [0.3, 0.4) is 0 Å². The van der Waals surface area contributed by atoms with Crippen molar-refractivity contribution in [1.82, 2.24) is 9.80 Å². The van der Waals surface area contributed by atoms with Crippen LogP contribution in [0.25, 0.3) is 0 Å². The smallest absolute Gasteiger partial charge is 0.306 e. The van der Waals surface area contributed by atoms with Gasteiger partial charge in [-0.15, -0.1) is 0 Å². The van der Waals surface area contributed by atoms with Gasteiger partial charge in [0.1, 0.15) is 0 Å². The van der Waals surface area contributed by atoms with Crippen molar-refractivity contribution in [3.8, 4) is 0 Å². The molecule has 1 saturated heterocycles. The van der Waals surface area contributed by atoms with Gasteiger partial charge in [0.15, 0.2) is 0 Å². The summed E-state index contributed by atoms with van der Waals surface area (Å²) in [6, 6.07) is 7.49. The summed E-state index contributed by atoms with van der Waals surface area (Å²) in [5.74, 6) is -0.418. The second-order valence-corrected chi connectivity index (χ2v) is 5.84. The number of carbonyl (C=O) groups excluding carboxylic acids is 3. The molecule has 6 heteroatoms. The third kappa shape index (κ3) is 4.81. The highest BCUT2D eigenvalue weighted by Gasteiger charge is 2.25. The standard InChI is InChI=1S/C18H24N2O4/c1-3-24-17(22)9-8-16(21)19-10-12-20(13-11-19)18(23)15-6-4-14(2)5-7-15/h4-7H,3,8-13H2,1-2H3. The first-order valence-electron chi connectivity index (χ1n) is 8.30. The normalized spacial score (nSPS) is 14.4. The first-order valence-corrected chi connectivity index (χ1v) is 8.30. The fourth-order valence-electron chi connectivity index (χ4n) is 2.64. The van der Waals surface area contributed by atoms with E-state index in [9.17, 15) is 14.4 Å². The van der Waals surface area contributed by atoms with Gasteiger partial charge < -0.3 is 14.5 Å². The van der Waals surface area contributed by atoms with Crippen molar-refractivity contribution < 1.29 is 19.1 Å². The molecule has 0 aliphatic carbocycles. The number of carbonyl (C=O) groups is 3. The van der Waals surface area contributed by atoms with Gasteiger partial charge in [0.25, 0.3) is 5.91 Å². The van der Waals surface area contributed by atoms with Crippen LogP contribution >= 0.6 is 0 Å². The first-order chi connectivity index (χ1) is 11.5. The molecule has 1 aromatic carbocycles. The fourth-order valence-corrected chi connectivity index (χ4v) is 2.64. The summed E-state index contributed by atoms with van der Waals surface area (Å²) in [6.45, 7) is 6.07. The van der Waals surface area contributed by atoms with Gasteiger partial charge >= 0.3 is 5.97 Å². The highest BCUT2D eigenvalue weighted by atomic mass is 16.5. The molecule has 0 bridgehead atoms. The molecule has 0 unspecified atom stereocenters. The molecule has 0 spiro atoms. The number of piperazine rings is 1. The van der Waals surface area contributed by atoms with Crippen molar-refractivity contribution in [2.45, 2.75) is 26.7 Å². The van der Waals surface area contributed by atoms with Gasteiger partial charge in [0, 0.05) is 38.2 Å². The van der Waals surface area contributed by atoms with Gasteiger partial charge in [-0.25, -0.2) is 0 Å². The van der Waals surface area contributed by atoms with Crippen LogP contribution in [0.1, 0.15) is 35.7 Å². The monoisotopic (exact) mass is 332 g/mol. The number of rotatable bonds is 5. The lowest BCUT2D eigenvalue weighted by Crippen LogP contribution is -2.50. The molecule has 1 aliphatic rings. The van der Waals surface area contributed by atoms with Crippen LogP contribution in [0.15, 0.2) is 24.3 Å². The molecule has 0 N–H and O–H groups in total. The quantitative estimate of drug-likeness (QED) is 0.769. The summed E-state index contributed by atoms with van der Waals surface area (Å²) >= 11 is 0. The van der Waals surface area contributed by atoms with E-state index in [1.165, 1.54) is 0 Å². The SMILES string of the molecule is CCOC(=O)CCC(=O)N1CCN(C(=O)c2ccc(C)cc2)CC1. The molecule has 0 aromatic heterocycles. The average molecular weight is 332 g/mol. The van der Waals surface area contributed by atoms with Crippen LogP contribution in [0.2, 0.25) is 0 Å². The van der Waals surface area contributed by atoms with E-state index >= 15 is 0 Å². The van der Waals surface area contributed by atoms with Crippen LogP contribution in [0.5, 0.6) is 0 Å². The fraction of sp³-hybridized carbons (Fsp3) is 0.500. The molecule has 24 heavy (non-hydrogen) atoms. The van der Waals surface area contributed by atoms with Crippen molar-refractivity contribution in [2.24, 2.45) is 0 Å². The van der Waals surface area contributed by atoms with E-state index in [-0.39, 0.29) is 30.6 Å². The van der Waals surface area contributed by atoms with Gasteiger partial charge in [-0.1, -0.05) is 17.7 Å².